The van der Waals surface area contributed by atoms with Crippen molar-refractivity contribution in [3.05, 3.63) is 28.2 Å². The van der Waals surface area contributed by atoms with Crippen molar-refractivity contribution in [3.63, 3.8) is 0 Å². The molecule has 0 bridgehead atoms. The Morgan fingerprint density at radius 2 is 1.89 bits per heavy atom. The molecule has 2 aliphatic rings. The lowest BCUT2D eigenvalue weighted by molar-refractivity contribution is 0.494. The van der Waals surface area contributed by atoms with Gasteiger partial charge in [0.1, 0.15) is 0 Å². The van der Waals surface area contributed by atoms with Gasteiger partial charge in [0.2, 0.25) is 0 Å². The molecule has 1 aliphatic carbocycles. The van der Waals surface area contributed by atoms with Gasteiger partial charge < -0.3 is 10.2 Å². The average Bonchev–Trinajstić information content (AvgIpc) is 3.14. The first kappa shape index (κ1) is 13.4. The van der Waals surface area contributed by atoms with Gasteiger partial charge in [-0.05, 0) is 42.4 Å². The maximum Gasteiger partial charge on any atom is 0.0423 e. The van der Waals surface area contributed by atoms with Crippen LogP contribution in [0.4, 0.5) is 5.69 Å². The normalized spacial score (nSPS) is 27.0. The fourth-order valence-electron chi connectivity index (χ4n) is 2.85. The highest BCUT2D eigenvalue weighted by atomic mass is 79.9. The molecule has 2 fully saturated rings. The molecule has 0 amide bonds. The van der Waals surface area contributed by atoms with Gasteiger partial charge in [0.15, 0.2) is 0 Å². The molecule has 104 valence electrons. The van der Waals surface area contributed by atoms with E-state index < -0.39 is 0 Å². The summed E-state index contributed by atoms with van der Waals surface area (Å²) in [6.45, 7) is 8.12. The third-order valence-electron chi connectivity index (χ3n) is 4.53. The number of hydrogen-bond donors (Lipinski definition) is 1. The maximum atomic E-state index is 3.64. The largest absolute Gasteiger partial charge is 0.371 e. The van der Waals surface area contributed by atoms with Crippen LogP contribution in [0.3, 0.4) is 0 Å². The number of nitrogens with one attached hydrogen (secondary N) is 1. The Balaban J connectivity index is 1.79. The van der Waals surface area contributed by atoms with Gasteiger partial charge >= 0.3 is 0 Å². The van der Waals surface area contributed by atoms with E-state index in [9.17, 15) is 0 Å². The van der Waals surface area contributed by atoms with Gasteiger partial charge in [-0.3, -0.25) is 0 Å². The highest BCUT2D eigenvalue weighted by molar-refractivity contribution is 9.10. The minimum absolute atomic E-state index is 0.771. The lowest BCUT2D eigenvalue weighted by atomic mass is 10.0. The third kappa shape index (κ3) is 3.14. The summed E-state index contributed by atoms with van der Waals surface area (Å²) >= 11 is 3.62. The van der Waals surface area contributed by atoms with E-state index in [2.05, 4.69) is 58.2 Å². The SMILES string of the molecule is CC1CN(c2cc(Br)ccc2CNC2CC2)CC1C. The number of hydrogen-bond acceptors (Lipinski definition) is 2. The van der Waals surface area contributed by atoms with Crippen molar-refractivity contribution < 1.29 is 0 Å². The predicted octanol–water partition coefficient (Wildman–Crippen LogP) is 3.79. The summed E-state index contributed by atoms with van der Waals surface area (Å²) in [7, 11) is 0. The fraction of sp³-hybridized carbons (Fsp3) is 0.625. The summed E-state index contributed by atoms with van der Waals surface area (Å²) in [5.74, 6) is 1.59. The topological polar surface area (TPSA) is 15.3 Å². The zero-order valence-electron chi connectivity index (χ0n) is 11.8. The Morgan fingerprint density at radius 3 is 2.53 bits per heavy atom. The van der Waals surface area contributed by atoms with Crippen LogP contribution in [0.1, 0.15) is 32.3 Å². The van der Waals surface area contributed by atoms with E-state index >= 15 is 0 Å². The first-order chi connectivity index (χ1) is 9.13. The van der Waals surface area contributed by atoms with Gasteiger partial charge in [-0.2, -0.15) is 0 Å². The zero-order chi connectivity index (χ0) is 13.4. The van der Waals surface area contributed by atoms with Gasteiger partial charge in [0, 0.05) is 35.8 Å². The second-order valence-corrected chi connectivity index (χ2v) is 7.20. The molecule has 2 nitrogen and oxygen atoms in total. The Hall–Kier alpha value is -0.540. The van der Waals surface area contributed by atoms with Crippen LogP contribution in [-0.2, 0) is 6.54 Å². The second kappa shape index (κ2) is 5.45. The van der Waals surface area contributed by atoms with E-state index in [-0.39, 0.29) is 0 Å². The van der Waals surface area contributed by atoms with Gasteiger partial charge in [-0.15, -0.1) is 0 Å². The van der Waals surface area contributed by atoms with Crippen molar-refractivity contribution in [3.8, 4) is 0 Å². The van der Waals surface area contributed by atoms with Crippen molar-refractivity contribution in [1.29, 1.82) is 0 Å². The van der Waals surface area contributed by atoms with Gasteiger partial charge in [0.05, 0.1) is 0 Å². The monoisotopic (exact) mass is 322 g/mol. The summed E-state index contributed by atoms with van der Waals surface area (Å²) in [5.41, 5.74) is 2.86. The molecule has 0 spiro atoms. The molecule has 1 aromatic carbocycles. The van der Waals surface area contributed by atoms with Gasteiger partial charge in [-0.1, -0.05) is 35.8 Å². The van der Waals surface area contributed by atoms with E-state index in [0.29, 0.717) is 0 Å². The van der Waals surface area contributed by atoms with E-state index in [1.807, 2.05) is 0 Å². The van der Waals surface area contributed by atoms with Crippen molar-refractivity contribution in [2.24, 2.45) is 11.8 Å². The zero-order valence-corrected chi connectivity index (χ0v) is 13.4. The van der Waals surface area contributed by atoms with Crippen molar-refractivity contribution >= 4 is 21.6 Å². The first-order valence-corrected chi connectivity index (χ1v) is 8.19. The van der Waals surface area contributed by atoms with Crippen molar-refractivity contribution in [2.75, 3.05) is 18.0 Å². The van der Waals surface area contributed by atoms with Crippen LogP contribution in [-0.4, -0.2) is 19.1 Å². The standard InChI is InChI=1S/C16H23BrN2/c1-11-9-19(10-12(11)2)16-7-14(17)4-3-13(16)8-18-15-5-6-15/h3-4,7,11-12,15,18H,5-6,8-10H2,1-2H3. The fourth-order valence-corrected chi connectivity index (χ4v) is 3.20. The predicted molar refractivity (Wildman–Crippen MR) is 84.5 cm³/mol. The molecule has 19 heavy (non-hydrogen) atoms. The molecule has 1 N–H and O–H groups in total. The molecule has 1 saturated heterocycles. The minimum Gasteiger partial charge on any atom is -0.371 e. The summed E-state index contributed by atoms with van der Waals surface area (Å²) < 4.78 is 1.19. The molecule has 1 heterocycles. The molecule has 1 aromatic rings. The molecule has 1 saturated carbocycles. The summed E-state index contributed by atoms with van der Waals surface area (Å²) in [6.07, 6.45) is 2.70. The highest BCUT2D eigenvalue weighted by Crippen LogP contribution is 2.32. The van der Waals surface area contributed by atoms with Crippen LogP contribution in [0.15, 0.2) is 22.7 Å². The summed E-state index contributed by atoms with van der Waals surface area (Å²) in [4.78, 5) is 2.56. The van der Waals surface area contributed by atoms with Crippen LogP contribution in [0.25, 0.3) is 0 Å². The maximum absolute atomic E-state index is 3.64. The molecule has 0 radical (unpaired) electrons. The molecular formula is C16H23BrN2. The van der Waals surface area contributed by atoms with E-state index in [4.69, 9.17) is 0 Å². The van der Waals surface area contributed by atoms with Gasteiger partial charge in [-0.25, -0.2) is 0 Å². The molecule has 3 heteroatoms. The van der Waals surface area contributed by atoms with Crippen LogP contribution in [0, 0.1) is 11.8 Å². The highest BCUT2D eigenvalue weighted by Gasteiger charge is 2.28. The Bertz CT molecular complexity index is 446. The lowest BCUT2D eigenvalue weighted by Crippen LogP contribution is -2.23. The molecular weight excluding hydrogens is 300 g/mol. The molecule has 2 atom stereocenters. The van der Waals surface area contributed by atoms with Crippen molar-refractivity contribution in [2.45, 2.75) is 39.3 Å². The minimum atomic E-state index is 0.771. The molecule has 0 aromatic heterocycles. The third-order valence-corrected chi connectivity index (χ3v) is 5.03. The molecule has 3 rings (SSSR count). The number of benzene rings is 1. The Labute approximate surface area is 124 Å². The summed E-state index contributed by atoms with van der Waals surface area (Å²) in [6, 6.07) is 7.49. The van der Waals surface area contributed by atoms with Crippen LogP contribution in [0.2, 0.25) is 0 Å². The second-order valence-electron chi connectivity index (χ2n) is 6.29. The first-order valence-electron chi connectivity index (χ1n) is 7.40. The number of halogens is 1. The van der Waals surface area contributed by atoms with Crippen LogP contribution < -0.4 is 10.2 Å². The van der Waals surface area contributed by atoms with Crippen molar-refractivity contribution in [1.82, 2.24) is 5.32 Å². The molecule has 2 unspecified atom stereocenters. The number of rotatable bonds is 4. The van der Waals surface area contributed by atoms with E-state index in [0.717, 1.165) is 24.4 Å². The summed E-state index contributed by atoms with van der Waals surface area (Å²) in [5, 5.41) is 3.64. The Morgan fingerprint density at radius 1 is 1.21 bits per heavy atom. The van der Waals surface area contributed by atoms with E-state index in [1.54, 1.807) is 0 Å². The van der Waals surface area contributed by atoms with Crippen LogP contribution in [0.5, 0.6) is 0 Å². The van der Waals surface area contributed by atoms with E-state index in [1.165, 1.54) is 41.7 Å². The smallest absolute Gasteiger partial charge is 0.0423 e. The number of anilines is 1. The number of nitrogens with zero attached hydrogens (tertiary/aromatic N) is 1. The quantitative estimate of drug-likeness (QED) is 0.907. The molecule has 1 aliphatic heterocycles. The van der Waals surface area contributed by atoms with Gasteiger partial charge in [0.25, 0.3) is 0 Å². The Kier molecular flexibility index (Phi) is 3.86. The lowest BCUT2D eigenvalue weighted by Gasteiger charge is -2.23. The average molecular weight is 323 g/mol. The van der Waals surface area contributed by atoms with Crippen LogP contribution >= 0.6 is 15.9 Å².